The lowest BCUT2D eigenvalue weighted by Crippen LogP contribution is -2.41. The number of carbonyl (C=O) groups excluding carboxylic acids is 1. The predicted octanol–water partition coefficient (Wildman–Crippen LogP) is 3.91. The van der Waals surface area contributed by atoms with Gasteiger partial charge in [0.1, 0.15) is 6.54 Å². The quantitative estimate of drug-likeness (QED) is 0.821. The molecule has 134 valence electrons. The van der Waals surface area contributed by atoms with Gasteiger partial charge in [-0.15, -0.1) is 0 Å². The highest BCUT2D eigenvalue weighted by Gasteiger charge is 2.42. The number of fused-ring (bicyclic) bond motifs is 2. The fourth-order valence-corrected chi connectivity index (χ4v) is 4.82. The lowest BCUT2D eigenvalue weighted by molar-refractivity contribution is -0.142. The Morgan fingerprint density at radius 2 is 2.12 bits per heavy atom. The third kappa shape index (κ3) is 3.34. The van der Waals surface area contributed by atoms with Gasteiger partial charge in [-0.2, -0.15) is 18.3 Å². The van der Waals surface area contributed by atoms with Crippen LogP contribution in [-0.4, -0.2) is 21.7 Å². The number of nitrogens with zero attached hydrogens (tertiary/aromatic N) is 2. The summed E-state index contributed by atoms with van der Waals surface area (Å²) in [4.78, 5) is 12.2. The molecule has 3 rings (SSSR count). The van der Waals surface area contributed by atoms with Crippen LogP contribution < -0.4 is 5.32 Å². The normalized spacial score (nSPS) is 27.5. The lowest BCUT2D eigenvalue weighted by atomic mass is 9.84. The topological polar surface area (TPSA) is 46.9 Å². The van der Waals surface area contributed by atoms with Gasteiger partial charge in [0.2, 0.25) is 5.91 Å². The van der Waals surface area contributed by atoms with Gasteiger partial charge in [0.05, 0.1) is 10.2 Å². The summed E-state index contributed by atoms with van der Waals surface area (Å²) in [5.74, 6) is 1.67. The minimum absolute atomic E-state index is 0.0502. The largest absolute Gasteiger partial charge is 0.436 e. The van der Waals surface area contributed by atoms with Gasteiger partial charge >= 0.3 is 6.18 Å². The van der Waals surface area contributed by atoms with Gasteiger partial charge in [-0.1, -0.05) is 6.42 Å². The van der Waals surface area contributed by atoms with Crippen molar-refractivity contribution in [2.75, 3.05) is 0 Å². The van der Waals surface area contributed by atoms with Crippen LogP contribution in [0.4, 0.5) is 13.2 Å². The zero-order valence-corrected chi connectivity index (χ0v) is 15.2. The van der Waals surface area contributed by atoms with Gasteiger partial charge in [-0.3, -0.25) is 9.48 Å². The number of rotatable bonds is 4. The molecule has 2 fully saturated rings. The summed E-state index contributed by atoms with van der Waals surface area (Å²) in [7, 11) is 0. The monoisotopic (exact) mass is 407 g/mol. The number of aromatic nitrogens is 2. The van der Waals surface area contributed by atoms with Crippen molar-refractivity contribution in [2.24, 2.45) is 17.8 Å². The Balaban J connectivity index is 1.63. The van der Waals surface area contributed by atoms with Crippen molar-refractivity contribution in [3.8, 4) is 0 Å². The average molecular weight is 408 g/mol. The third-order valence-corrected chi connectivity index (χ3v) is 6.47. The van der Waals surface area contributed by atoms with E-state index in [4.69, 9.17) is 0 Å². The first-order valence-corrected chi connectivity index (χ1v) is 9.05. The maximum absolute atomic E-state index is 12.9. The summed E-state index contributed by atoms with van der Waals surface area (Å²) in [5, 5.41) is 6.50. The Hall–Kier alpha value is -1.05. The van der Waals surface area contributed by atoms with E-state index in [1.54, 1.807) is 0 Å². The zero-order chi connectivity index (χ0) is 17.6. The number of halogens is 4. The van der Waals surface area contributed by atoms with Gasteiger partial charge in [-0.25, -0.2) is 0 Å². The van der Waals surface area contributed by atoms with Gasteiger partial charge in [-0.05, 0) is 66.8 Å². The van der Waals surface area contributed by atoms with E-state index in [2.05, 4.69) is 26.3 Å². The van der Waals surface area contributed by atoms with E-state index in [0.29, 0.717) is 17.5 Å². The summed E-state index contributed by atoms with van der Waals surface area (Å²) < 4.78 is 39.6. The molecule has 1 aromatic heterocycles. The predicted molar refractivity (Wildman–Crippen MR) is 86.2 cm³/mol. The van der Waals surface area contributed by atoms with E-state index in [0.717, 1.165) is 17.0 Å². The molecule has 1 amide bonds. The Labute approximate surface area is 147 Å². The Morgan fingerprint density at radius 1 is 1.42 bits per heavy atom. The first kappa shape index (κ1) is 17.8. The van der Waals surface area contributed by atoms with E-state index in [1.807, 2.05) is 6.92 Å². The van der Waals surface area contributed by atoms with Crippen LogP contribution in [0.15, 0.2) is 4.47 Å². The second-order valence-corrected chi connectivity index (χ2v) is 7.89. The van der Waals surface area contributed by atoms with E-state index in [9.17, 15) is 18.0 Å². The Kier molecular flexibility index (Phi) is 4.70. The van der Waals surface area contributed by atoms with Crippen LogP contribution in [0.1, 0.15) is 44.0 Å². The SMILES string of the molecule is Cc1c(Br)c(C(F)(F)F)nn1CC(=O)N[C@@H](C)[C@@H]1C[C@H]2CC[C@H]1C2. The van der Waals surface area contributed by atoms with Crippen LogP contribution in [0.5, 0.6) is 0 Å². The molecule has 2 saturated carbocycles. The van der Waals surface area contributed by atoms with Crippen molar-refractivity contribution in [3.63, 3.8) is 0 Å². The van der Waals surface area contributed by atoms with Gasteiger partial charge in [0, 0.05) is 6.04 Å². The summed E-state index contributed by atoms with van der Waals surface area (Å²) in [5.41, 5.74) is -0.695. The molecule has 1 heterocycles. The van der Waals surface area contributed by atoms with Crippen LogP contribution >= 0.6 is 15.9 Å². The molecular weight excluding hydrogens is 387 g/mol. The van der Waals surface area contributed by atoms with Crippen LogP contribution in [0.2, 0.25) is 0 Å². The fourth-order valence-electron chi connectivity index (χ4n) is 4.31. The standard InChI is InChI=1S/C16H21BrF3N3O/c1-8(12-6-10-3-4-11(12)5-10)21-13(24)7-23-9(2)14(17)15(22-23)16(18,19)20/h8,10-12H,3-7H2,1-2H3,(H,21,24)/t8-,10-,11-,12-/m0/s1. The van der Waals surface area contributed by atoms with Crippen LogP contribution in [0, 0.1) is 24.7 Å². The van der Waals surface area contributed by atoms with Crippen molar-refractivity contribution in [3.05, 3.63) is 15.9 Å². The highest BCUT2D eigenvalue weighted by molar-refractivity contribution is 9.10. The molecule has 1 N–H and O–H groups in total. The van der Waals surface area contributed by atoms with Crippen molar-refractivity contribution >= 4 is 21.8 Å². The minimum atomic E-state index is -4.54. The van der Waals surface area contributed by atoms with Crippen LogP contribution in [-0.2, 0) is 17.5 Å². The summed E-state index contributed by atoms with van der Waals surface area (Å²) in [6.07, 6.45) is 0.391. The van der Waals surface area contributed by atoms with Crippen LogP contribution in [0.25, 0.3) is 0 Å². The lowest BCUT2D eigenvalue weighted by Gasteiger charge is -2.28. The molecule has 0 spiro atoms. The number of hydrogen-bond acceptors (Lipinski definition) is 2. The average Bonchev–Trinajstić information content (AvgIpc) is 3.17. The third-order valence-electron chi connectivity index (χ3n) is 5.52. The molecule has 0 aliphatic heterocycles. The van der Waals surface area contributed by atoms with Crippen LogP contribution in [0.3, 0.4) is 0 Å². The molecule has 2 aliphatic rings. The van der Waals surface area contributed by atoms with Gasteiger partial charge in [0.25, 0.3) is 0 Å². The molecule has 8 heteroatoms. The molecule has 0 saturated heterocycles. The molecule has 4 atom stereocenters. The molecule has 0 unspecified atom stereocenters. The Morgan fingerprint density at radius 3 is 2.62 bits per heavy atom. The summed E-state index contributed by atoms with van der Waals surface area (Å²) in [6, 6.07) is 0.0502. The first-order valence-electron chi connectivity index (χ1n) is 8.26. The summed E-state index contributed by atoms with van der Waals surface area (Å²) in [6.45, 7) is 3.31. The van der Waals surface area contributed by atoms with Crippen molar-refractivity contribution < 1.29 is 18.0 Å². The zero-order valence-electron chi connectivity index (χ0n) is 13.7. The van der Waals surface area contributed by atoms with E-state index < -0.39 is 11.9 Å². The maximum Gasteiger partial charge on any atom is 0.436 e. The van der Waals surface area contributed by atoms with E-state index in [1.165, 1.54) is 26.2 Å². The molecule has 1 aromatic rings. The maximum atomic E-state index is 12.9. The minimum Gasteiger partial charge on any atom is -0.352 e. The highest BCUT2D eigenvalue weighted by Crippen LogP contribution is 2.49. The number of carbonyl (C=O) groups is 1. The van der Waals surface area contributed by atoms with Gasteiger partial charge < -0.3 is 5.32 Å². The highest BCUT2D eigenvalue weighted by atomic mass is 79.9. The molecule has 2 aliphatic carbocycles. The number of alkyl halides is 3. The van der Waals surface area contributed by atoms with Crippen molar-refractivity contribution in [1.29, 1.82) is 0 Å². The van der Waals surface area contributed by atoms with Crippen molar-refractivity contribution in [2.45, 2.75) is 58.3 Å². The van der Waals surface area contributed by atoms with Gasteiger partial charge in [0.15, 0.2) is 5.69 Å². The molecule has 0 aromatic carbocycles. The molecule has 0 radical (unpaired) electrons. The number of hydrogen-bond donors (Lipinski definition) is 1. The number of nitrogens with one attached hydrogen (secondary N) is 1. The molecule has 2 bridgehead atoms. The van der Waals surface area contributed by atoms with E-state index in [-0.39, 0.29) is 23.0 Å². The first-order chi connectivity index (χ1) is 11.2. The second kappa shape index (κ2) is 6.35. The van der Waals surface area contributed by atoms with E-state index >= 15 is 0 Å². The molecular formula is C16H21BrF3N3O. The molecule has 24 heavy (non-hydrogen) atoms. The smallest absolute Gasteiger partial charge is 0.352 e. The van der Waals surface area contributed by atoms with Crippen molar-refractivity contribution in [1.82, 2.24) is 15.1 Å². The number of amides is 1. The fraction of sp³-hybridized carbons (Fsp3) is 0.750. The Bertz CT molecular complexity index is 643. The molecule has 4 nitrogen and oxygen atoms in total. The second-order valence-electron chi connectivity index (χ2n) is 7.10. The summed E-state index contributed by atoms with van der Waals surface area (Å²) >= 11 is 2.92.